The van der Waals surface area contributed by atoms with Crippen molar-refractivity contribution in [3.63, 3.8) is 0 Å². The largest absolute Gasteiger partial charge is 0.332 e. The van der Waals surface area contributed by atoms with E-state index in [1.165, 1.54) is 4.90 Å². The summed E-state index contributed by atoms with van der Waals surface area (Å²) in [5, 5.41) is 8.43. The maximum absolute atomic E-state index is 11.5. The summed E-state index contributed by atoms with van der Waals surface area (Å²) in [5.74, 6) is 0.0143. The zero-order valence-electron chi connectivity index (χ0n) is 8.81. The van der Waals surface area contributed by atoms with Crippen molar-refractivity contribution in [2.45, 2.75) is 12.8 Å². The van der Waals surface area contributed by atoms with Crippen LogP contribution in [0.5, 0.6) is 0 Å². The molecule has 0 aliphatic rings. The van der Waals surface area contributed by atoms with Crippen molar-refractivity contribution in [3.05, 3.63) is 35.9 Å². The Balaban J connectivity index is 2.38. The number of carbonyl (C=O) groups is 1. The molecule has 0 bridgehead atoms. The Morgan fingerprint density at radius 3 is 2.67 bits per heavy atom. The zero-order valence-corrected chi connectivity index (χ0v) is 8.81. The molecule has 0 radical (unpaired) electrons. The highest BCUT2D eigenvalue weighted by Gasteiger charge is 2.07. The third-order valence-electron chi connectivity index (χ3n) is 2.20. The lowest BCUT2D eigenvalue weighted by atomic mass is 10.1. The van der Waals surface area contributed by atoms with E-state index in [1.807, 2.05) is 36.4 Å². The molecular weight excluding hydrogens is 188 g/mol. The smallest absolute Gasteiger partial charge is 0.223 e. The van der Waals surface area contributed by atoms with Crippen molar-refractivity contribution < 1.29 is 4.79 Å². The molecule has 1 aromatic carbocycles. The molecule has 0 atom stereocenters. The second-order valence-corrected chi connectivity index (χ2v) is 3.39. The van der Waals surface area contributed by atoms with Crippen LogP contribution in [0.2, 0.25) is 0 Å². The highest BCUT2D eigenvalue weighted by Crippen LogP contribution is 2.03. The Kier molecular flexibility index (Phi) is 4.36. The predicted molar refractivity (Wildman–Crippen MR) is 58.0 cm³/mol. The van der Waals surface area contributed by atoms with E-state index in [-0.39, 0.29) is 12.5 Å². The third kappa shape index (κ3) is 3.82. The van der Waals surface area contributed by atoms with Crippen LogP contribution in [0.1, 0.15) is 12.0 Å². The molecule has 0 spiro atoms. The molecule has 15 heavy (non-hydrogen) atoms. The van der Waals surface area contributed by atoms with Gasteiger partial charge in [-0.05, 0) is 12.0 Å². The number of nitriles is 1. The minimum absolute atomic E-state index is 0.0143. The molecule has 0 aliphatic heterocycles. The number of amides is 1. The molecule has 0 unspecified atom stereocenters. The molecule has 0 aromatic heterocycles. The van der Waals surface area contributed by atoms with Crippen LogP contribution in [0.3, 0.4) is 0 Å². The first-order valence-electron chi connectivity index (χ1n) is 4.89. The second kappa shape index (κ2) is 5.82. The summed E-state index contributed by atoms with van der Waals surface area (Å²) in [7, 11) is 1.65. The van der Waals surface area contributed by atoms with Gasteiger partial charge in [0.1, 0.15) is 6.54 Å². The van der Waals surface area contributed by atoms with Crippen LogP contribution in [0, 0.1) is 11.3 Å². The number of rotatable bonds is 4. The molecule has 78 valence electrons. The fourth-order valence-electron chi connectivity index (χ4n) is 1.28. The van der Waals surface area contributed by atoms with E-state index >= 15 is 0 Å². The standard InChI is InChI=1S/C12H14N2O/c1-14(10-9-13)12(15)8-7-11-5-3-2-4-6-11/h2-6H,7-8,10H2,1H3. The van der Waals surface area contributed by atoms with Crippen LogP contribution < -0.4 is 0 Å². The van der Waals surface area contributed by atoms with E-state index in [2.05, 4.69) is 0 Å². The summed E-state index contributed by atoms with van der Waals surface area (Å²) in [6, 6.07) is 11.8. The lowest BCUT2D eigenvalue weighted by Gasteiger charge is -2.12. The third-order valence-corrected chi connectivity index (χ3v) is 2.20. The van der Waals surface area contributed by atoms with E-state index in [0.29, 0.717) is 6.42 Å². The molecule has 1 amide bonds. The fourth-order valence-corrected chi connectivity index (χ4v) is 1.28. The topological polar surface area (TPSA) is 44.1 Å². The van der Waals surface area contributed by atoms with Gasteiger partial charge in [0.2, 0.25) is 5.91 Å². The van der Waals surface area contributed by atoms with Crippen molar-refractivity contribution in [2.75, 3.05) is 13.6 Å². The lowest BCUT2D eigenvalue weighted by molar-refractivity contribution is -0.129. The van der Waals surface area contributed by atoms with Gasteiger partial charge in [-0.15, -0.1) is 0 Å². The number of carbonyl (C=O) groups excluding carboxylic acids is 1. The maximum atomic E-state index is 11.5. The summed E-state index contributed by atoms with van der Waals surface area (Å²) in [6.45, 7) is 0.160. The van der Waals surface area contributed by atoms with Crippen molar-refractivity contribution in [3.8, 4) is 6.07 Å². The molecule has 3 heteroatoms. The molecule has 0 saturated heterocycles. The van der Waals surface area contributed by atoms with Crippen molar-refractivity contribution in [1.82, 2.24) is 4.90 Å². The van der Waals surface area contributed by atoms with Gasteiger partial charge in [-0.2, -0.15) is 5.26 Å². The molecule has 0 fully saturated rings. The Labute approximate surface area is 89.9 Å². The maximum Gasteiger partial charge on any atom is 0.223 e. The molecular formula is C12H14N2O. The van der Waals surface area contributed by atoms with Gasteiger partial charge in [-0.25, -0.2) is 0 Å². The highest BCUT2D eigenvalue weighted by molar-refractivity contribution is 5.76. The fraction of sp³-hybridized carbons (Fsp3) is 0.333. The van der Waals surface area contributed by atoms with Gasteiger partial charge in [0.05, 0.1) is 6.07 Å². The van der Waals surface area contributed by atoms with Crippen LogP contribution in [0.4, 0.5) is 0 Å². The number of nitrogens with zero attached hydrogens (tertiary/aromatic N) is 2. The van der Waals surface area contributed by atoms with Crippen LogP contribution >= 0.6 is 0 Å². The van der Waals surface area contributed by atoms with Crippen LogP contribution in [-0.4, -0.2) is 24.4 Å². The highest BCUT2D eigenvalue weighted by atomic mass is 16.2. The quantitative estimate of drug-likeness (QED) is 0.696. The number of hydrogen-bond donors (Lipinski definition) is 0. The number of aryl methyl sites for hydroxylation is 1. The normalized spacial score (nSPS) is 9.33. The Morgan fingerprint density at radius 1 is 1.40 bits per heavy atom. The van der Waals surface area contributed by atoms with E-state index in [9.17, 15) is 4.79 Å². The molecule has 0 saturated carbocycles. The van der Waals surface area contributed by atoms with Crippen molar-refractivity contribution >= 4 is 5.91 Å². The summed E-state index contributed by atoms with van der Waals surface area (Å²) in [5.41, 5.74) is 1.15. The summed E-state index contributed by atoms with van der Waals surface area (Å²) >= 11 is 0. The van der Waals surface area contributed by atoms with E-state index in [0.717, 1.165) is 12.0 Å². The van der Waals surface area contributed by atoms with Gasteiger partial charge in [0.25, 0.3) is 0 Å². The SMILES string of the molecule is CN(CC#N)C(=O)CCc1ccccc1. The zero-order chi connectivity index (χ0) is 11.1. The van der Waals surface area contributed by atoms with Crippen LogP contribution in [0.15, 0.2) is 30.3 Å². The summed E-state index contributed by atoms with van der Waals surface area (Å²) < 4.78 is 0. The summed E-state index contributed by atoms with van der Waals surface area (Å²) in [6.07, 6.45) is 1.19. The van der Waals surface area contributed by atoms with E-state index < -0.39 is 0 Å². The first-order chi connectivity index (χ1) is 7.24. The van der Waals surface area contributed by atoms with E-state index in [1.54, 1.807) is 7.05 Å². The van der Waals surface area contributed by atoms with Gasteiger partial charge in [0, 0.05) is 13.5 Å². The van der Waals surface area contributed by atoms with Crippen LogP contribution in [-0.2, 0) is 11.2 Å². The number of hydrogen-bond acceptors (Lipinski definition) is 2. The van der Waals surface area contributed by atoms with Crippen molar-refractivity contribution in [2.24, 2.45) is 0 Å². The average molecular weight is 202 g/mol. The molecule has 0 heterocycles. The van der Waals surface area contributed by atoms with E-state index in [4.69, 9.17) is 5.26 Å². The van der Waals surface area contributed by atoms with Gasteiger partial charge in [-0.3, -0.25) is 4.79 Å². The molecule has 1 rings (SSSR count). The van der Waals surface area contributed by atoms with Crippen molar-refractivity contribution in [1.29, 1.82) is 5.26 Å². The molecule has 0 aliphatic carbocycles. The minimum Gasteiger partial charge on any atom is -0.332 e. The summed E-state index contributed by atoms with van der Waals surface area (Å²) in [4.78, 5) is 12.9. The van der Waals surface area contributed by atoms with Gasteiger partial charge < -0.3 is 4.90 Å². The Morgan fingerprint density at radius 2 is 2.07 bits per heavy atom. The van der Waals surface area contributed by atoms with Gasteiger partial charge in [0.15, 0.2) is 0 Å². The first-order valence-corrected chi connectivity index (χ1v) is 4.89. The molecule has 1 aromatic rings. The minimum atomic E-state index is 0.0143. The van der Waals surface area contributed by atoms with Crippen LogP contribution in [0.25, 0.3) is 0 Å². The first kappa shape index (κ1) is 11.3. The predicted octanol–water partition coefficient (Wildman–Crippen LogP) is 1.60. The Hall–Kier alpha value is -1.82. The van der Waals surface area contributed by atoms with Gasteiger partial charge in [-0.1, -0.05) is 30.3 Å². The average Bonchev–Trinajstić information content (AvgIpc) is 2.27. The lowest BCUT2D eigenvalue weighted by Crippen LogP contribution is -2.27. The molecule has 3 nitrogen and oxygen atoms in total. The molecule has 0 N–H and O–H groups in total. The Bertz CT molecular complexity index is 354. The second-order valence-electron chi connectivity index (χ2n) is 3.39. The monoisotopic (exact) mass is 202 g/mol. The van der Waals surface area contributed by atoms with Gasteiger partial charge >= 0.3 is 0 Å². The number of benzene rings is 1.